The number of nitro groups is 1. The van der Waals surface area contributed by atoms with E-state index in [1.54, 1.807) is 30.6 Å². The van der Waals surface area contributed by atoms with Gasteiger partial charge in [-0.3, -0.25) is 10.1 Å². The second-order valence-electron chi connectivity index (χ2n) is 4.32. The van der Waals surface area contributed by atoms with E-state index in [1.165, 1.54) is 4.68 Å². The Balaban J connectivity index is 2.51. The van der Waals surface area contributed by atoms with Gasteiger partial charge in [0.15, 0.2) is 0 Å². The molecule has 0 unspecified atom stereocenters. The summed E-state index contributed by atoms with van der Waals surface area (Å²) in [6.45, 7) is 4.61. The van der Waals surface area contributed by atoms with Crippen molar-refractivity contribution in [2.75, 3.05) is 11.9 Å². The van der Waals surface area contributed by atoms with Gasteiger partial charge in [0.1, 0.15) is 11.4 Å². The lowest BCUT2D eigenvalue weighted by molar-refractivity contribution is -0.383. The zero-order valence-electron chi connectivity index (χ0n) is 11.0. The number of aryl methyl sites for hydroxylation is 1. The molecular formula is C13H16N4O2. The predicted molar refractivity (Wildman–Crippen MR) is 73.7 cm³/mol. The summed E-state index contributed by atoms with van der Waals surface area (Å²) in [5.41, 5.74) is 2.01. The Morgan fingerprint density at radius 2 is 2.26 bits per heavy atom. The molecule has 0 saturated heterocycles. The van der Waals surface area contributed by atoms with Crippen LogP contribution in [0.15, 0.2) is 30.6 Å². The number of aromatic nitrogens is 2. The highest BCUT2D eigenvalue weighted by Crippen LogP contribution is 2.31. The van der Waals surface area contributed by atoms with Gasteiger partial charge in [0, 0.05) is 12.7 Å². The Bertz CT molecular complexity index is 592. The molecule has 0 radical (unpaired) electrons. The van der Waals surface area contributed by atoms with Crippen molar-refractivity contribution in [3.63, 3.8) is 0 Å². The van der Waals surface area contributed by atoms with Crippen LogP contribution in [-0.2, 0) is 0 Å². The maximum atomic E-state index is 11.3. The zero-order valence-corrected chi connectivity index (χ0v) is 11.0. The lowest BCUT2D eigenvalue weighted by Crippen LogP contribution is -2.07. The average Bonchev–Trinajstić information content (AvgIpc) is 2.82. The molecule has 0 aliphatic rings. The van der Waals surface area contributed by atoms with Crippen LogP contribution in [0, 0.1) is 17.0 Å². The fourth-order valence-electron chi connectivity index (χ4n) is 1.85. The number of hydrogen-bond donors (Lipinski definition) is 1. The quantitative estimate of drug-likeness (QED) is 0.662. The number of para-hydroxylation sites is 1. The zero-order chi connectivity index (χ0) is 13.8. The lowest BCUT2D eigenvalue weighted by Gasteiger charge is -2.09. The Labute approximate surface area is 111 Å². The molecule has 1 aromatic heterocycles. The van der Waals surface area contributed by atoms with Gasteiger partial charge in [-0.15, -0.1) is 0 Å². The molecule has 1 aromatic carbocycles. The summed E-state index contributed by atoms with van der Waals surface area (Å²) in [5, 5.41) is 18.5. The van der Waals surface area contributed by atoms with Gasteiger partial charge in [-0.25, -0.2) is 4.68 Å². The van der Waals surface area contributed by atoms with Gasteiger partial charge in [0.25, 0.3) is 0 Å². The van der Waals surface area contributed by atoms with Gasteiger partial charge >= 0.3 is 5.69 Å². The van der Waals surface area contributed by atoms with E-state index in [0.29, 0.717) is 17.9 Å². The molecule has 0 spiro atoms. The van der Waals surface area contributed by atoms with Crippen LogP contribution in [0.2, 0.25) is 0 Å². The number of hydrogen-bond acceptors (Lipinski definition) is 4. The Hall–Kier alpha value is -2.37. The topological polar surface area (TPSA) is 73.0 Å². The molecule has 0 aliphatic carbocycles. The van der Waals surface area contributed by atoms with Crippen molar-refractivity contribution in [2.45, 2.75) is 20.3 Å². The van der Waals surface area contributed by atoms with Gasteiger partial charge < -0.3 is 5.32 Å². The Morgan fingerprint density at radius 1 is 1.47 bits per heavy atom. The maximum Gasteiger partial charge on any atom is 0.317 e. The van der Waals surface area contributed by atoms with E-state index >= 15 is 0 Å². The monoisotopic (exact) mass is 260 g/mol. The van der Waals surface area contributed by atoms with E-state index in [1.807, 2.05) is 13.8 Å². The second kappa shape index (κ2) is 5.51. The van der Waals surface area contributed by atoms with Crippen LogP contribution in [0.1, 0.15) is 18.9 Å². The third-order valence-corrected chi connectivity index (χ3v) is 2.72. The van der Waals surface area contributed by atoms with Crippen molar-refractivity contribution in [2.24, 2.45) is 0 Å². The highest BCUT2D eigenvalue weighted by Gasteiger charge is 2.21. The molecule has 6 nitrogen and oxygen atoms in total. The van der Waals surface area contributed by atoms with E-state index in [-0.39, 0.29) is 10.6 Å². The SMILES string of the molecule is CCCNc1cccc(-n2cc(C)cn2)c1[N+](=O)[O-]. The van der Waals surface area contributed by atoms with Crippen LogP contribution in [0.4, 0.5) is 11.4 Å². The minimum atomic E-state index is -0.371. The number of nitrogens with one attached hydrogen (secondary N) is 1. The van der Waals surface area contributed by atoms with E-state index < -0.39 is 0 Å². The largest absolute Gasteiger partial charge is 0.379 e. The minimum Gasteiger partial charge on any atom is -0.379 e. The summed E-state index contributed by atoms with van der Waals surface area (Å²) in [6, 6.07) is 5.20. The lowest BCUT2D eigenvalue weighted by atomic mass is 10.2. The number of nitro benzene ring substituents is 1. The van der Waals surface area contributed by atoms with Crippen molar-refractivity contribution in [1.82, 2.24) is 9.78 Å². The summed E-state index contributed by atoms with van der Waals surface area (Å²) in [4.78, 5) is 10.9. The Morgan fingerprint density at radius 3 is 2.84 bits per heavy atom. The molecule has 0 saturated carbocycles. The first-order chi connectivity index (χ1) is 9.13. The van der Waals surface area contributed by atoms with Gasteiger partial charge in [-0.1, -0.05) is 13.0 Å². The average molecular weight is 260 g/mol. The van der Waals surface area contributed by atoms with E-state index in [2.05, 4.69) is 10.4 Å². The number of nitrogens with zero attached hydrogens (tertiary/aromatic N) is 3. The molecule has 0 aliphatic heterocycles. The molecule has 2 aromatic rings. The summed E-state index contributed by atoms with van der Waals surface area (Å²) in [6.07, 6.45) is 4.35. The van der Waals surface area contributed by atoms with Crippen molar-refractivity contribution in [3.8, 4) is 5.69 Å². The predicted octanol–water partition coefficient (Wildman–Crippen LogP) is 2.91. The molecule has 1 N–H and O–H groups in total. The summed E-state index contributed by atoms with van der Waals surface area (Å²) in [7, 11) is 0. The first-order valence-electron chi connectivity index (χ1n) is 6.16. The van der Waals surface area contributed by atoms with Crippen LogP contribution in [-0.4, -0.2) is 21.2 Å². The summed E-state index contributed by atoms with van der Waals surface area (Å²) < 4.78 is 1.53. The van der Waals surface area contributed by atoms with Crippen LogP contribution < -0.4 is 5.32 Å². The van der Waals surface area contributed by atoms with Crippen LogP contribution in [0.25, 0.3) is 5.69 Å². The first kappa shape index (κ1) is 13.1. The third kappa shape index (κ3) is 2.73. The maximum absolute atomic E-state index is 11.3. The van der Waals surface area contributed by atoms with Crippen molar-refractivity contribution >= 4 is 11.4 Å². The van der Waals surface area contributed by atoms with E-state index in [4.69, 9.17) is 0 Å². The van der Waals surface area contributed by atoms with E-state index in [9.17, 15) is 10.1 Å². The molecule has 6 heteroatoms. The standard InChI is InChI=1S/C13H16N4O2/c1-3-7-14-11-5-4-6-12(13(11)17(18)19)16-9-10(2)8-15-16/h4-6,8-9,14H,3,7H2,1-2H3. The normalized spacial score (nSPS) is 10.4. The van der Waals surface area contributed by atoms with Crippen LogP contribution in [0.5, 0.6) is 0 Å². The molecule has 0 atom stereocenters. The summed E-state index contributed by atoms with van der Waals surface area (Å²) in [5.74, 6) is 0. The van der Waals surface area contributed by atoms with Crippen molar-refractivity contribution in [1.29, 1.82) is 0 Å². The van der Waals surface area contributed by atoms with Crippen molar-refractivity contribution < 1.29 is 4.92 Å². The van der Waals surface area contributed by atoms with E-state index in [0.717, 1.165) is 12.0 Å². The molecule has 0 bridgehead atoms. The molecule has 100 valence electrons. The number of rotatable bonds is 5. The third-order valence-electron chi connectivity index (χ3n) is 2.72. The fourth-order valence-corrected chi connectivity index (χ4v) is 1.85. The highest BCUT2D eigenvalue weighted by atomic mass is 16.6. The highest BCUT2D eigenvalue weighted by molar-refractivity contribution is 5.71. The summed E-state index contributed by atoms with van der Waals surface area (Å²) >= 11 is 0. The molecule has 0 fully saturated rings. The van der Waals surface area contributed by atoms with Crippen LogP contribution >= 0.6 is 0 Å². The smallest absolute Gasteiger partial charge is 0.317 e. The van der Waals surface area contributed by atoms with Crippen molar-refractivity contribution in [3.05, 3.63) is 46.3 Å². The number of anilines is 1. The number of benzene rings is 1. The molecule has 0 amide bonds. The van der Waals surface area contributed by atoms with Gasteiger partial charge in [-0.2, -0.15) is 5.10 Å². The van der Waals surface area contributed by atoms with Crippen LogP contribution in [0.3, 0.4) is 0 Å². The minimum absolute atomic E-state index is 0.0547. The molecule has 1 heterocycles. The fraction of sp³-hybridized carbons (Fsp3) is 0.308. The molecule has 2 rings (SSSR count). The van der Waals surface area contributed by atoms with Gasteiger partial charge in [0.2, 0.25) is 0 Å². The first-order valence-corrected chi connectivity index (χ1v) is 6.16. The van der Waals surface area contributed by atoms with Gasteiger partial charge in [-0.05, 0) is 31.0 Å². The molecular weight excluding hydrogens is 244 g/mol. The Kier molecular flexibility index (Phi) is 3.79. The molecule has 19 heavy (non-hydrogen) atoms. The van der Waals surface area contributed by atoms with Gasteiger partial charge in [0.05, 0.1) is 11.1 Å². The second-order valence-corrected chi connectivity index (χ2v) is 4.32.